The maximum absolute atomic E-state index is 14.7. The number of rotatable bonds is 6. The Bertz CT molecular complexity index is 1150. The number of fused-ring (bicyclic) bond motifs is 1. The maximum Gasteiger partial charge on any atom is 0.261 e. The predicted molar refractivity (Wildman–Crippen MR) is 110 cm³/mol. The number of carbonyl (C=O) groups excluding carboxylic acids is 2. The molecule has 0 saturated heterocycles. The topological polar surface area (TPSA) is 109 Å². The Kier molecular flexibility index (Phi) is 6.13. The summed E-state index contributed by atoms with van der Waals surface area (Å²) in [7, 11) is 0. The van der Waals surface area contributed by atoms with Crippen LogP contribution in [-0.2, 0) is 17.9 Å². The molecule has 32 heavy (non-hydrogen) atoms. The average Bonchev–Trinajstić information content (AvgIpc) is 3.13. The van der Waals surface area contributed by atoms with Crippen LogP contribution in [0.25, 0.3) is 0 Å². The Hall–Kier alpha value is -3.79. The molecule has 3 aromatic rings. The molecule has 4 rings (SSSR count). The van der Waals surface area contributed by atoms with Crippen LogP contribution in [0.4, 0.5) is 10.1 Å². The molecule has 1 N–H and O–H groups in total. The molecule has 0 saturated carbocycles. The summed E-state index contributed by atoms with van der Waals surface area (Å²) < 4.78 is 25.3. The minimum absolute atomic E-state index is 0.0101. The Morgan fingerprint density at radius 1 is 1.22 bits per heavy atom. The second-order valence-corrected chi connectivity index (χ2v) is 7.20. The molecule has 0 spiro atoms. The number of aryl methyl sites for hydroxylation is 1. The lowest BCUT2D eigenvalue weighted by Gasteiger charge is -2.22. The largest absolute Gasteiger partial charge is 0.491 e. The van der Waals surface area contributed by atoms with E-state index in [4.69, 9.17) is 14.3 Å². The van der Waals surface area contributed by atoms with Crippen LogP contribution in [0.2, 0.25) is 0 Å². The summed E-state index contributed by atoms with van der Waals surface area (Å²) in [6, 6.07) is 10.9. The van der Waals surface area contributed by atoms with Gasteiger partial charge in [0, 0.05) is 25.2 Å². The number of aromatic nitrogens is 2. The van der Waals surface area contributed by atoms with Crippen molar-refractivity contribution in [1.82, 2.24) is 15.1 Å². The van der Waals surface area contributed by atoms with Crippen molar-refractivity contribution in [2.24, 2.45) is 0 Å². The Morgan fingerprint density at radius 2 is 2.03 bits per heavy atom. The molecule has 0 aliphatic carbocycles. The van der Waals surface area contributed by atoms with E-state index >= 15 is 0 Å². The molecule has 0 fully saturated rings. The summed E-state index contributed by atoms with van der Waals surface area (Å²) in [4.78, 5) is 29.1. The van der Waals surface area contributed by atoms with Gasteiger partial charge in [-0.15, -0.1) is 10.2 Å². The van der Waals surface area contributed by atoms with Crippen molar-refractivity contribution in [3.63, 3.8) is 0 Å². The molecular formula is C22H21FN4O5. The van der Waals surface area contributed by atoms with E-state index in [1.54, 1.807) is 25.1 Å². The van der Waals surface area contributed by atoms with Gasteiger partial charge in [0.25, 0.3) is 5.91 Å². The van der Waals surface area contributed by atoms with Crippen LogP contribution in [0.3, 0.4) is 0 Å². The minimum atomic E-state index is -0.780. The van der Waals surface area contributed by atoms with Crippen molar-refractivity contribution in [3.8, 4) is 5.75 Å². The number of carbonyl (C=O) groups is 2. The monoisotopic (exact) mass is 440 g/mol. The van der Waals surface area contributed by atoms with Gasteiger partial charge in [-0.05, 0) is 23.8 Å². The summed E-state index contributed by atoms with van der Waals surface area (Å²) in [5.74, 6) is -0.889. The highest BCUT2D eigenvalue weighted by molar-refractivity contribution is 6.09. The Morgan fingerprint density at radius 3 is 2.75 bits per heavy atom. The van der Waals surface area contributed by atoms with Gasteiger partial charge >= 0.3 is 0 Å². The maximum atomic E-state index is 14.7. The van der Waals surface area contributed by atoms with Gasteiger partial charge in [0.1, 0.15) is 24.7 Å². The second kappa shape index (κ2) is 9.15. The number of para-hydroxylation sites is 1. The zero-order valence-corrected chi connectivity index (χ0v) is 17.3. The first-order valence-corrected chi connectivity index (χ1v) is 9.96. The number of anilines is 1. The number of ether oxygens (including phenoxy) is 1. The highest BCUT2D eigenvalue weighted by Crippen LogP contribution is 2.29. The SMILES string of the molecule is Cc1nnc(CN2Cc3ccccc3N(C(=O)c3ccc(OCCO)cc3F)CC2=O)o1. The zero-order valence-electron chi connectivity index (χ0n) is 17.3. The highest BCUT2D eigenvalue weighted by Gasteiger charge is 2.31. The fourth-order valence-electron chi connectivity index (χ4n) is 3.48. The summed E-state index contributed by atoms with van der Waals surface area (Å²) in [6.45, 7) is 1.51. The van der Waals surface area contributed by atoms with E-state index in [1.807, 2.05) is 6.07 Å². The lowest BCUT2D eigenvalue weighted by atomic mass is 10.1. The quantitative estimate of drug-likeness (QED) is 0.625. The van der Waals surface area contributed by atoms with Crippen molar-refractivity contribution in [3.05, 3.63) is 71.2 Å². The zero-order chi connectivity index (χ0) is 22.7. The molecule has 1 aliphatic rings. The van der Waals surface area contributed by atoms with E-state index < -0.39 is 11.7 Å². The smallest absolute Gasteiger partial charge is 0.261 e. The van der Waals surface area contributed by atoms with Gasteiger partial charge in [-0.1, -0.05) is 18.2 Å². The van der Waals surface area contributed by atoms with Crippen LogP contribution in [0, 0.1) is 12.7 Å². The van der Waals surface area contributed by atoms with Gasteiger partial charge in [-0.25, -0.2) is 4.39 Å². The summed E-state index contributed by atoms with van der Waals surface area (Å²) in [6.07, 6.45) is 0. The summed E-state index contributed by atoms with van der Waals surface area (Å²) >= 11 is 0. The minimum Gasteiger partial charge on any atom is -0.491 e. The summed E-state index contributed by atoms with van der Waals surface area (Å²) in [5.41, 5.74) is 1.06. The lowest BCUT2D eigenvalue weighted by Crippen LogP contribution is -2.40. The number of amides is 2. The summed E-state index contributed by atoms with van der Waals surface area (Å²) in [5, 5.41) is 16.6. The van der Waals surface area contributed by atoms with Crippen molar-refractivity contribution in [2.75, 3.05) is 24.7 Å². The number of halogens is 1. The van der Waals surface area contributed by atoms with Crippen molar-refractivity contribution in [1.29, 1.82) is 0 Å². The van der Waals surface area contributed by atoms with Crippen molar-refractivity contribution < 1.29 is 28.2 Å². The molecule has 10 heteroatoms. The van der Waals surface area contributed by atoms with Crippen LogP contribution in [0.5, 0.6) is 5.75 Å². The number of benzene rings is 2. The first-order chi connectivity index (χ1) is 15.5. The fourth-order valence-corrected chi connectivity index (χ4v) is 3.48. The number of aliphatic hydroxyl groups is 1. The van der Waals surface area contributed by atoms with Crippen molar-refractivity contribution >= 4 is 17.5 Å². The van der Waals surface area contributed by atoms with Gasteiger partial charge in [-0.3, -0.25) is 14.5 Å². The number of aliphatic hydroxyl groups excluding tert-OH is 1. The third-order valence-corrected chi connectivity index (χ3v) is 4.96. The van der Waals surface area contributed by atoms with Crippen LogP contribution in [0.1, 0.15) is 27.7 Å². The number of hydrogen-bond donors (Lipinski definition) is 1. The van der Waals surface area contributed by atoms with E-state index in [1.165, 1.54) is 21.9 Å². The van der Waals surface area contributed by atoms with E-state index in [0.717, 1.165) is 11.6 Å². The van der Waals surface area contributed by atoms with E-state index in [2.05, 4.69) is 10.2 Å². The molecule has 2 amide bonds. The lowest BCUT2D eigenvalue weighted by molar-refractivity contribution is -0.131. The Balaban J connectivity index is 1.63. The van der Waals surface area contributed by atoms with E-state index in [-0.39, 0.29) is 56.0 Å². The van der Waals surface area contributed by atoms with Gasteiger partial charge in [0.05, 0.1) is 18.7 Å². The van der Waals surface area contributed by atoms with Crippen LogP contribution < -0.4 is 9.64 Å². The molecule has 2 heterocycles. The highest BCUT2D eigenvalue weighted by atomic mass is 19.1. The molecule has 9 nitrogen and oxygen atoms in total. The predicted octanol–water partition coefficient (Wildman–Crippen LogP) is 2.08. The van der Waals surface area contributed by atoms with Crippen LogP contribution >= 0.6 is 0 Å². The fraction of sp³-hybridized carbons (Fsp3) is 0.273. The van der Waals surface area contributed by atoms with Gasteiger partial charge in [-0.2, -0.15) is 0 Å². The van der Waals surface area contributed by atoms with Crippen LogP contribution in [-0.4, -0.2) is 51.8 Å². The molecule has 0 atom stereocenters. The van der Waals surface area contributed by atoms with Gasteiger partial charge in [0.2, 0.25) is 17.7 Å². The van der Waals surface area contributed by atoms with Crippen LogP contribution in [0.15, 0.2) is 46.9 Å². The average molecular weight is 440 g/mol. The number of nitrogens with zero attached hydrogens (tertiary/aromatic N) is 4. The molecule has 2 aromatic carbocycles. The molecule has 0 unspecified atom stereocenters. The number of hydrogen-bond acceptors (Lipinski definition) is 7. The molecule has 166 valence electrons. The molecular weight excluding hydrogens is 419 g/mol. The first kappa shape index (κ1) is 21.4. The van der Waals surface area contributed by atoms with Gasteiger partial charge in [0.15, 0.2) is 0 Å². The second-order valence-electron chi connectivity index (χ2n) is 7.20. The third-order valence-electron chi connectivity index (χ3n) is 4.96. The van der Waals surface area contributed by atoms with Gasteiger partial charge < -0.3 is 19.2 Å². The first-order valence-electron chi connectivity index (χ1n) is 9.96. The Labute approximate surface area is 183 Å². The standard InChI is InChI=1S/C22H21FN4O5/c1-14-24-25-20(32-14)12-26-11-15-4-2-3-5-19(15)27(13-21(26)29)22(30)17-7-6-16(10-18(17)23)31-9-8-28/h2-7,10,28H,8-9,11-13H2,1H3. The van der Waals surface area contributed by atoms with E-state index in [0.29, 0.717) is 11.6 Å². The molecule has 1 aliphatic heterocycles. The third kappa shape index (κ3) is 4.45. The molecule has 0 bridgehead atoms. The molecule has 0 radical (unpaired) electrons. The van der Waals surface area contributed by atoms with Crippen molar-refractivity contribution in [2.45, 2.75) is 20.0 Å². The normalized spacial score (nSPS) is 13.7. The molecule has 1 aromatic heterocycles. The van der Waals surface area contributed by atoms with E-state index in [9.17, 15) is 14.0 Å².